The van der Waals surface area contributed by atoms with E-state index in [1.807, 2.05) is 0 Å². The summed E-state index contributed by atoms with van der Waals surface area (Å²) in [5, 5.41) is -0.0302. The van der Waals surface area contributed by atoms with Gasteiger partial charge in [-0.15, -0.1) is 0 Å². The lowest BCUT2D eigenvalue weighted by Gasteiger charge is -2.14. The fourth-order valence-electron chi connectivity index (χ4n) is 1.92. The second kappa shape index (κ2) is 6.91. The van der Waals surface area contributed by atoms with E-state index in [0.29, 0.717) is 11.1 Å². The maximum atomic E-state index is 13.0. The van der Waals surface area contributed by atoms with Gasteiger partial charge >= 0.3 is 12.1 Å². The molecule has 0 fully saturated rings. The monoisotopic (exact) mass is 344 g/mol. The van der Waals surface area contributed by atoms with E-state index in [-0.39, 0.29) is 17.4 Å². The molecule has 0 saturated heterocycles. The third kappa shape index (κ3) is 4.39. The van der Waals surface area contributed by atoms with Crippen LogP contribution in [-0.4, -0.2) is 13.1 Å². The Balaban J connectivity index is 2.20. The van der Waals surface area contributed by atoms with Crippen molar-refractivity contribution in [2.45, 2.75) is 12.8 Å². The molecule has 122 valence electrons. The first-order valence-electron chi connectivity index (χ1n) is 6.48. The van der Waals surface area contributed by atoms with Gasteiger partial charge in [-0.3, -0.25) is 0 Å². The van der Waals surface area contributed by atoms with Gasteiger partial charge < -0.3 is 9.47 Å². The van der Waals surface area contributed by atoms with Crippen LogP contribution >= 0.6 is 11.6 Å². The van der Waals surface area contributed by atoms with Crippen molar-refractivity contribution in [2.75, 3.05) is 7.11 Å². The van der Waals surface area contributed by atoms with Crippen molar-refractivity contribution >= 4 is 17.6 Å². The molecule has 7 heteroatoms. The molecule has 0 N–H and O–H groups in total. The van der Waals surface area contributed by atoms with Crippen LogP contribution in [0.5, 0.6) is 5.75 Å². The van der Waals surface area contributed by atoms with E-state index in [1.165, 1.54) is 19.2 Å². The predicted molar refractivity (Wildman–Crippen MR) is 78.6 cm³/mol. The first-order chi connectivity index (χ1) is 10.8. The van der Waals surface area contributed by atoms with Crippen LogP contribution in [0.3, 0.4) is 0 Å². The second-order valence-corrected chi connectivity index (χ2v) is 5.06. The minimum absolute atomic E-state index is 0.0302. The molecule has 0 spiro atoms. The van der Waals surface area contributed by atoms with Crippen molar-refractivity contribution in [2.24, 2.45) is 0 Å². The number of hydrogen-bond acceptors (Lipinski definition) is 3. The molecule has 0 bridgehead atoms. The number of rotatable bonds is 4. The van der Waals surface area contributed by atoms with Gasteiger partial charge in [-0.2, -0.15) is 13.2 Å². The topological polar surface area (TPSA) is 35.5 Å². The van der Waals surface area contributed by atoms with Gasteiger partial charge in [0.15, 0.2) is 0 Å². The average Bonchev–Trinajstić information content (AvgIpc) is 2.52. The van der Waals surface area contributed by atoms with Crippen molar-refractivity contribution in [3.63, 3.8) is 0 Å². The van der Waals surface area contributed by atoms with Crippen LogP contribution in [-0.2, 0) is 17.5 Å². The van der Waals surface area contributed by atoms with Crippen LogP contribution in [0.2, 0.25) is 5.02 Å². The normalized spacial score (nSPS) is 11.2. The Kier molecular flexibility index (Phi) is 5.15. The van der Waals surface area contributed by atoms with Crippen LogP contribution in [0.1, 0.15) is 21.5 Å². The van der Waals surface area contributed by atoms with Gasteiger partial charge in [0.1, 0.15) is 12.4 Å². The Labute approximate surface area is 135 Å². The molecule has 0 atom stereocenters. The first-order valence-corrected chi connectivity index (χ1v) is 6.86. The number of halogens is 4. The first kappa shape index (κ1) is 17.1. The Morgan fingerprint density at radius 2 is 1.91 bits per heavy atom. The summed E-state index contributed by atoms with van der Waals surface area (Å²) in [6.45, 7) is -0.129. The third-order valence-corrected chi connectivity index (χ3v) is 3.22. The molecule has 3 nitrogen and oxygen atoms in total. The molecule has 0 aromatic heterocycles. The summed E-state index contributed by atoms with van der Waals surface area (Å²) in [6.07, 6.45) is -4.58. The van der Waals surface area contributed by atoms with Gasteiger partial charge in [-0.05, 0) is 35.9 Å². The molecule has 0 aliphatic carbocycles. The highest BCUT2D eigenvalue weighted by atomic mass is 35.5. The number of methoxy groups -OCH3 is 1. The molecule has 0 aliphatic rings. The molecule has 0 saturated carbocycles. The van der Waals surface area contributed by atoms with E-state index in [9.17, 15) is 18.0 Å². The van der Waals surface area contributed by atoms with Gasteiger partial charge in [-0.1, -0.05) is 23.7 Å². The Hall–Kier alpha value is -2.21. The number of carbonyl (C=O) groups is 1. The van der Waals surface area contributed by atoms with Crippen LogP contribution in [0.25, 0.3) is 0 Å². The van der Waals surface area contributed by atoms with Crippen molar-refractivity contribution in [3.8, 4) is 5.75 Å². The van der Waals surface area contributed by atoms with E-state index in [0.717, 1.165) is 12.1 Å². The average molecular weight is 345 g/mol. The fraction of sp³-hybridized carbons (Fsp3) is 0.188. The van der Waals surface area contributed by atoms with Crippen molar-refractivity contribution in [1.29, 1.82) is 0 Å². The molecular weight excluding hydrogens is 333 g/mol. The Morgan fingerprint density at radius 3 is 2.57 bits per heavy atom. The molecule has 2 rings (SSSR count). The molecule has 0 heterocycles. The zero-order valence-electron chi connectivity index (χ0n) is 12.0. The molecule has 0 amide bonds. The lowest BCUT2D eigenvalue weighted by atomic mass is 10.1. The standard InChI is InChI=1S/C16H12ClF3O3/c1-22-15(21)11-4-2-3-10(7-11)9-23-14-6-5-12(17)8-13(14)16(18,19)20/h2-8H,9H2,1H3. The number of benzene rings is 2. The van der Waals surface area contributed by atoms with Crippen LogP contribution in [0.4, 0.5) is 13.2 Å². The lowest BCUT2D eigenvalue weighted by molar-refractivity contribution is -0.139. The molecule has 2 aromatic rings. The SMILES string of the molecule is COC(=O)c1cccc(COc2ccc(Cl)cc2C(F)(F)F)c1. The summed E-state index contributed by atoms with van der Waals surface area (Å²) < 4.78 is 48.7. The zero-order valence-corrected chi connectivity index (χ0v) is 12.7. The number of carbonyl (C=O) groups excluding carboxylic acids is 1. The van der Waals surface area contributed by atoms with Crippen molar-refractivity contribution in [1.82, 2.24) is 0 Å². The van der Waals surface area contributed by atoms with Crippen molar-refractivity contribution < 1.29 is 27.4 Å². The second-order valence-electron chi connectivity index (χ2n) is 4.62. The lowest BCUT2D eigenvalue weighted by Crippen LogP contribution is -2.09. The van der Waals surface area contributed by atoms with Gasteiger partial charge in [0.25, 0.3) is 0 Å². The Morgan fingerprint density at radius 1 is 1.17 bits per heavy atom. The minimum atomic E-state index is -4.58. The maximum absolute atomic E-state index is 13.0. The predicted octanol–water partition coefficient (Wildman–Crippen LogP) is 4.72. The van der Waals surface area contributed by atoms with Gasteiger partial charge in [0.2, 0.25) is 0 Å². The van der Waals surface area contributed by atoms with E-state index in [2.05, 4.69) is 4.74 Å². The molecule has 23 heavy (non-hydrogen) atoms. The number of ether oxygens (including phenoxy) is 2. The zero-order chi connectivity index (χ0) is 17.0. The number of alkyl halides is 3. The quantitative estimate of drug-likeness (QED) is 0.752. The highest BCUT2D eigenvalue weighted by Gasteiger charge is 2.34. The van der Waals surface area contributed by atoms with Gasteiger partial charge in [0.05, 0.1) is 18.2 Å². The smallest absolute Gasteiger partial charge is 0.420 e. The maximum Gasteiger partial charge on any atom is 0.420 e. The summed E-state index contributed by atoms with van der Waals surface area (Å²) in [5.74, 6) is -0.861. The molecule has 0 aliphatic heterocycles. The summed E-state index contributed by atoms with van der Waals surface area (Å²) in [4.78, 5) is 11.4. The largest absolute Gasteiger partial charge is 0.488 e. The number of esters is 1. The minimum Gasteiger partial charge on any atom is -0.488 e. The van der Waals surface area contributed by atoms with E-state index in [4.69, 9.17) is 16.3 Å². The van der Waals surface area contributed by atoms with Crippen LogP contribution in [0, 0.1) is 0 Å². The molecular formula is C16H12ClF3O3. The molecule has 0 unspecified atom stereocenters. The number of hydrogen-bond donors (Lipinski definition) is 0. The summed E-state index contributed by atoms with van der Waals surface area (Å²) >= 11 is 5.60. The van der Waals surface area contributed by atoms with E-state index < -0.39 is 17.7 Å². The van der Waals surface area contributed by atoms with Crippen LogP contribution < -0.4 is 4.74 Å². The highest BCUT2D eigenvalue weighted by Crippen LogP contribution is 2.38. The molecule has 0 radical (unpaired) electrons. The summed E-state index contributed by atoms with van der Waals surface area (Å²) in [6, 6.07) is 9.55. The highest BCUT2D eigenvalue weighted by molar-refractivity contribution is 6.30. The molecule has 2 aromatic carbocycles. The fourth-order valence-corrected chi connectivity index (χ4v) is 2.09. The van der Waals surface area contributed by atoms with Crippen molar-refractivity contribution in [3.05, 3.63) is 64.2 Å². The van der Waals surface area contributed by atoms with E-state index in [1.54, 1.807) is 18.2 Å². The van der Waals surface area contributed by atoms with Gasteiger partial charge in [0, 0.05) is 5.02 Å². The van der Waals surface area contributed by atoms with Gasteiger partial charge in [-0.25, -0.2) is 4.79 Å². The summed E-state index contributed by atoms with van der Waals surface area (Å²) in [7, 11) is 1.24. The van der Waals surface area contributed by atoms with E-state index >= 15 is 0 Å². The van der Waals surface area contributed by atoms with Crippen LogP contribution in [0.15, 0.2) is 42.5 Å². The summed E-state index contributed by atoms with van der Waals surface area (Å²) in [5.41, 5.74) is -0.120. The Bertz CT molecular complexity index is 714. The third-order valence-electron chi connectivity index (χ3n) is 2.99.